The molecule has 2 heterocycles. The number of benzene rings is 1. The van der Waals surface area contributed by atoms with Gasteiger partial charge >= 0.3 is 6.03 Å². The van der Waals surface area contributed by atoms with E-state index in [1.165, 1.54) is 5.56 Å². The van der Waals surface area contributed by atoms with E-state index < -0.39 is 0 Å². The van der Waals surface area contributed by atoms with Gasteiger partial charge in [0.2, 0.25) is 0 Å². The predicted molar refractivity (Wildman–Crippen MR) is 110 cm³/mol. The number of pyridine rings is 1. The maximum Gasteiger partial charge on any atom is 0.319 e. The van der Waals surface area contributed by atoms with E-state index in [9.17, 15) is 4.79 Å². The molecule has 0 unspecified atom stereocenters. The van der Waals surface area contributed by atoms with E-state index in [-0.39, 0.29) is 6.03 Å². The Hall–Kier alpha value is -2.60. The Balaban J connectivity index is 1.53. The third kappa shape index (κ3) is 4.98. The molecule has 0 radical (unpaired) electrons. The lowest BCUT2D eigenvalue weighted by molar-refractivity contribution is 0.251. The van der Waals surface area contributed by atoms with E-state index in [1.807, 2.05) is 32.2 Å². The Kier molecular flexibility index (Phi) is 5.96. The molecule has 0 atom stereocenters. The van der Waals surface area contributed by atoms with Crippen molar-refractivity contribution in [2.75, 3.05) is 43.4 Å². The van der Waals surface area contributed by atoms with Crippen molar-refractivity contribution in [1.82, 2.24) is 15.2 Å². The normalized spacial score (nSPS) is 14.9. The van der Waals surface area contributed by atoms with Crippen LogP contribution in [0.25, 0.3) is 0 Å². The lowest BCUT2D eigenvalue weighted by atomic mass is 10.1. The van der Waals surface area contributed by atoms with Crippen LogP contribution in [0.3, 0.4) is 0 Å². The summed E-state index contributed by atoms with van der Waals surface area (Å²) in [5.74, 6) is 1.00. The number of rotatable bonds is 4. The highest BCUT2D eigenvalue weighted by molar-refractivity contribution is 5.91. The predicted octanol–water partition coefficient (Wildman–Crippen LogP) is 3.08. The number of nitrogens with zero attached hydrogens (tertiary/aromatic N) is 3. The van der Waals surface area contributed by atoms with Crippen molar-refractivity contribution >= 4 is 17.5 Å². The van der Waals surface area contributed by atoms with Crippen LogP contribution in [-0.4, -0.2) is 49.1 Å². The first-order valence-corrected chi connectivity index (χ1v) is 9.43. The summed E-state index contributed by atoms with van der Waals surface area (Å²) in [4.78, 5) is 21.5. The molecule has 1 aliphatic heterocycles. The molecular formula is C21H29N5O. The van der Waals surface area contributed by atoms with Gasteiger partial charge in [0, 0.05) is 44.6 Å². The van der Waals surface area contributed by atoms with Crippen molar-refractivity contribution in [3.8, 4) is 0 Å². The van der Waals surface area contributed by atoms with Crippen LogP contribution in [0.1, 0.15) is 22.3 Å². The van der Waals surface area contributed by atoms with Gasteiger partial charge in [-0.1, -0.05) is 23.8 Å². The second kappa shape index (κ2) is 8.39. The maximum atomic E-state index is 12.3. The summed E-state index contributed by atoms with van der Waals surface area (Å²) in [6.45, 7) is 10.6. The number of likely N-dealkylation sites (N-methyl/N-ethyl adjacent to an activating group) is 1. The van der Waals surface area contributed by atoms with E-state index in [2.05, 4.69) is 51.5 Å². The Morgan fingerprint density at radius 2 is 1.74 bits per heavy atom. The number of aryl methyl sites for hydroxylation is 3. The number of carbonyl (C=O) groups is 1. The van der Waals surface area contributed by atoms with Gasteiger partial charge in [-0.3, -0.25) is 0 Å². The molecule has 6 heteroatoms. The summed E-state index contributed by atoms with van der Waals surface area (Å²) in [5.41, 5.74) is 5.20. The lowest BCUT2D eigenvalue weighted by Crippen LogP contribution is -2.44. The fraction of sp³-hybridized carbons (Fsp3) is 0.429. The van der Waals surface area contributed by atoms with E-state index >= 15 is 0 Å². The average molecular weight is 367 g/mol. The summed E-state index contributed by atoms with van der Waals surface area (Å²) in [6, 6.07) is 8.01. The summed E-state index contributed by atoms with van der Waals surface area (Å²) >= 11 is 0. The average Bonchev–Trinajstić information content (AvgIpc) is 2.64. The van der Waals surface area contributed by atoms with Gasteiger partial charge in [-0.25, -0.2) is 9.78 Å². The molecule has 0 bridgehead atoms. The van der Waals surface area contributed by atoms with Gasteiger partial charge in [0.1, 0.15) is 5.82 Å². The van der Waals surface area contributed by atoms with E-state index in [0.717, 1.165) is 54.4 Å². The molecule has 2 aromatic rings. The van der Waals surface area contributed by atoms with Crippen LogP contribution in [-0.2, 0) is 6.54 Å². The van der Waals surface area contributed by atoms with Crippen LogP contribution in [0.5, 0.6) is 0 Å². The minimum atomic E-state index is -0.201. The van der Waals surface area contributed by atoms with Crippen molar-refractivity contribution in [1.29, 1.82) is 0 Å². The smallest absolute Gasteiger partial charge is 0.319 e. The summed E-state index contributed by atoms with van der Waals surface area (Å²) in [6.07, 6.45) is 1.84. The van der Waals surface area contributed by atoms with Crippen LogP contribution in [0.4, 0.5) is 16.3 Å². The molecular weight excluding hydrogens is 338 g/mol. The van der Waals surface area contributed by atoms with E-state index in [4.69, 9.17) is 0 Å². The van der Waals surface area contributed by atoms with Gasteiger partial charge in [0.05, 0.1) is 0 Å². The maximum absolute atomic E-state index is 12.3. The van der Waals surface area contributed by atoms with Crippen LogP contribution in [0.15, 0.2) is 30.5 Å². The van der Waals surface area contributed by atoms with Gasteiger partial charge in [0.15, 0.2) is 0 Å². The fourth-order valence-corrected chi connectivity index (χ4v) is 3.46. The van der Waals surface area contributed by atoms with Crippen LogP contribution in [0, 0.1) is 20.8 Å². The lowest BCUT2D eigenvalue weighted by Gasteiger charge is -2.33. The first-order valence-electron chi connectivity index (χ1n) is 9.43. The van der Waals surface area contributed by atoms with Crippen molar-refractivity contribution in [2.45, 2.75) is 27.3 Å². The summed E-state index contributed by atoms with van der Waals surface area (Å²) in [7, 11) is 2.14. The van der Waals surface area contributed by atoms with Crippen molar-refractivity contribution < 1.29 is 4.79 Å². The zero-order valence-corrected chi connectivity index (χ0v) is 16.7. The second-order valence-corrected chi connectivity index (χ2v) is 7.40. The molecule has 1 fully saturated rings. The standard InChI is InChI=1S/C21H29N5O/c1-15-11-16(2)20(17(3)12-15)24-21(27)23-14-18-5-6-19(22-13-18)26-9-7-25(4)8-10-26/h5-6,11-13H,7-10,14H2,1-4H3,(H2,23,24,27). The number of hydrogen-bond donors (Lipinski definition) is 2. The minimum absolute atomic E-state index is 0.201. The van der Waals surface area contributed by atoms with Crippen molar-refractivity contribution in [2.24, 2.45) is 0 Å². The number of hydrogen-bond acceptors (Lipinski definition) is 4. The number of aromatic nitrogens is 1. The highest BCUT2D eigenvalue weighted by Gasteiger charge is 2.15. The first kappa shape index (κ1) is 19.2. The summed E-state index contributed by atoms with van der Waals surface area (Å²) < 4.78 is 0. The molecule has 6 nitrogen and oxygen atoms in total. The molecule has 1 aliphatic rings. The minimum Gasteiger partial charge on any atom is -0.354 e. The second-order valence-electron chi connectivity index (χ2n) is 7.40. The Morgan fingerprint density at radius 3 is 2.33 bits per heavy atom. The van der Waals surface area contributed by atoms with Crippen LogP contribution in [0.2, 0.25) is 0 Å². The molecule has 0 saturated carbocycles. The third-order valence-corrected chi connectivity index (χ3v) is 5.01. The number of nitrogens with one attached hydrogen (secondary N) is 2. The van der Waals surface area contributed by atoms with Gasteiger partial charge in [-0.05, 0) is 50.6 Å². The van der Waals surface area contributed by atoms with Crippen molar-refractivity contribution in [3.63, 3.8) is 0 Å². The highest BCUT2D eigenvalue weighted by atomic mass is 16.2. The van der Waals surface area contributed by atoms with Crippen LogP contribution < -0.4 is 15.5 Å². The molecule has 0 spiro atoms. The number of piperazine rings is 1. The topological polar surface area (TPSA) is 60.5 Å². The zero-order valence-electron chi connectivity index (χ0n) is 16.7. The van der Waals surface area contributed by atoms with Crippen LogP contribution >= 0.6 is 0 Å². The molecule has 3 rings (SSSR count). The SMILES string of the molecule is Cc1cc(C)c(NC(=O)NCc2ccc(N3CCN(C)CC3)nc2)c(C)c1. The third-order valence-electron chi connectivity index (χ3n) is 5.01. The Morgan fingerprint density at radius 1 is 1.07 bits per heavy atom. The number of anilines is 2. The van der Waals surface area contributed by atoms with E-state index in [0.29, 0.717) is 6.54 Å². The zero-order chi connectivity index (χ0) is 19.4. The largest absolute Gasteiger partial charge is 0.354 e. The fourth-order valence-electron chi connectivity index (χ4n) is 3.46. The monoisotopic (exact) mass is 367 g/mol. The summed E-state index contributed by atoms with van der Waals surface area (Å²) in [5, 5.41) is 5.87. The Bertz CT molecular complexity index is 772. The first-order chi connectivity index (χ1) is 12.9. The molecule has 144 valence electrons. The van der Waals surface area contributed by atoms with Gasteiger partial charge in [0.25, 0.3) is 0 Å². The van der Waals surface area contributed by atoms with Gasteiger partial charge in [-0.2, -0.15) is 0 Å². The number of carbonyl (C=O) groups excluding carboxylic acids is 1. The molecule has 0 aliphatic carbocycles. The molecule has 2 N–H and O–H groups in total. The quantitative estimate of drug-likeness (QED) is 0.872. The molecule has 27 heavy (non-hydrogen) atoms. The molecule has 1 aromatic heterocycles. The molecule has 1 saturated heterocycles. The number of amides is 2. The van der Waals surface area contributed by atoms with E-state index in [1.54, 1.807) is 0 Å². The van der Waals surface area contributed by atoms with Crippen molar-refractivity contribution in [3.05, 3.63) is 52.7 Å². The van der Waals surface area contributed by atoms with Gasteiger partial charge in [-0.15, -0.1) is 0 Å². The van der Waals surface area contributed by atoms with Gasteiger partial charge < -0.3 is 20.4 Å². The molecule has 1 aromatic carbocycles. The molecule has 2 amide bonds. The highest BCUT2D eigenvalue weighted by Crippen LogP contribution is 2.21. The Labute approximate surface area is 161 Å². The number of urea groups is 1.